The first-order valence-electron chi connectivity index (χ1n) is 7.56. The predicted octanol–water partition coefficient (Wildman–Crippen LogP) is 3.68. The number of benzene rings is 1. The zero-order valence-electron chi connectivity index (χ0n) is 12.3. The Morgan fingerprint density at radius 2 is 2.19 bits per heavy atom. The summed E-state index contributed by atoms with van der Waals surface area (Å²) in [5.74, 6) is 0.926. The number of halogens is 1. The van der Waals surface area contributed by atoms with Crippen LogP contribution in [0.15, 0.2) is 24.3 Å². The molecule has 0 spiro atoms. The van der Waals surface area contributed by atoms with Crippen LogP contribution in [0.3, 0.4) is 0 Å². The van der Waals surface area contributed by atoms with Crippen LogP contribution in [0, 0.1) is 0 Å². The van der Waals surface area contributed by atoms with Crippen molar-refractivity contribution in [2.24, 2.45) is 0 Å². The number of fused-ring (bicyclic) bond motifs is 1. The normalized spacial score (nSPS) is 19.1. The molecule has 1 aromatic heterocycles. The smallest absolute Gasteiger partial charge is 0.224 e. The Morgan fingerprint density at radius 1 is 1.33 bits per heavy atom. The molecule has 1 fully saturated rings. The van der Waals surface area contributed by atoms with Gasteiger partial charge >= 0.3 is 0 Å². The van der Waals surface area contributed by atoms with Gasteiger partial charge in [-0.1, -0.05) is 19.1 Å². The number of anilines is 1. The van der Waals surface area contributed by atoms with E-state index in [0.29, 0.717) is 5.28 Å². The Morgan fingerprint density at radius 3 is 3.05 bits per heavy atom. The van der Waals surface area contributed by atoms with Crippen molar-refractivity contribution >= 4 is 28.3 Å². The average molecular weight is 306 g/mol. The van der Waals surface area contributed by atoms with Gasteiger partial charge in [0.2, 0.25) is 5.28 Å². The number of rotatable bonds is 4. The Balaban J connectivity index is 1.89. The van der Waals surface area contributed by atoms with Gasteiger partial charge in [0.1, 0.15) is 5.82 Å². The summed E-state index contributed by atoms with van der Waals surface area (Å²) in [5, 5.41) is 1.36. The molecule has 1 atom stereocenters. The van der Waals surface area contributed by atoms with Gasteiger partial charge in [0.05, 0.1) is 11.6 Å². The van der Waals surface area contributed by atoms with Crippen LogP contribution in [0.4, 0.5) is 5.82 Å². The monoisotopic (exact) mass is 305 g/mol. The molecule has 0 N–H and O–H groups in total. The first kappa shape index (κ1) is 14.5. The van der Waals surface area contributed by atoms with Gasteiger partial charge in [-0.3, -0.25) is 0 Å². The summed E-state index contributed by atoms with van der Waals surface area (Å²) in [5.41, 5.74) is 0.893. The summed E-state index contributed by atoms with van der Waals surface area (Å²) >= 11 is 6.08. The molecule has 112 valence electrons. The van der Waals surface area contributed by atoms with Gasteiger partial charge in [-0.2, -0.15) is 4.98 Å². The number of ether oxygens (including phenoxy) is 1. The minimum atomic E-state index is 0.284. The first-order chi connectivity index (χ1) is 10.3. The molecular weight excluding hydrogens is 286 g/mol. The third-order valence-corrected chi connectivity index (χ3v) is 3.96. The summed E-state index contributed by atoms with van der Waals surface area (Å²) in [6, 6.07) is 8.01. The highest BCUT2D eigenvalue weighted by Gasteiger charge is 2.23. The minimum Gasteiger partial charge on any atom is -0.376 e. The molecule has 0 amide bonds. The van der Waals surface area contributed by atoms with Crippen molar-refractivity contribution in [1.82, 2.24) is 9.97 Å². The highest BCUT2D eigenvalue weighted by atomic mass is 35.5. The van der Waals surface area contributed by atoms with Crippen LogP contribution in [0.1, 0.15) is 26.2 Å². The molecule has 2 aromatic rings. The summed E-state index contributed by atoms with van der Waals surface area (Å²) in [6.07, 6.45) is 3.57. The van der Waals surface area contributed by atoms with Crippen molar-refractivity contribution in [2.75, 3.05) is 24.6 Å². The number of nitrogens with zero attached hydrogens (tertiary/aromatic N) is 3. The molecule has 1 aliphatic rings. The second kappa shape index (κ2) is 6.58. The third-order valence-electron chi connectivity index (χ3n) is 3.79. The van der Waals surface area contributed by atoms with Crippen LogP contribution in [0.25, 0.3) is 10.9 Å². The number of piperidine rings is 1. The highest BCUT2D eigenvalue weighted by Crippen LogP contribution is 2.28. The van der Waals surface area contributed by atoms with Gasteiger partial charge in [-0.05, 0) is 43.0 Å². The van der Waals surface area contributed by atoms with Gasteiger partial charge in [0.25, 0.3) is 0 Å². The molecule has 0 saturated carbocycles. The molecule has 1 aromatic carbocycles. The average Bonchev–Trinajstić information content (AvgIpc) is 2.52. The SMILES string of the molecule is CCCOC1CCCN(c2nc(Cl)nc3ccccc23)C1. The van der Waals surface area contributed by atoms with Crippen LogP contribution in [0.2, 0.25) is 5.28 Å². The van der Waals surface area contributed by atoms with E-state index in [-0.39, 0.29) is 6.10 Å². The Bertz CT molecular complexity index is 619. The summed E-state index contributed by atoms with van der Waals surface area (Å²) < 4.78 is 5.91. The molecule has 2 heterocycles. The number of para-hydroxylation sites is 1. The first-order valence-corrected chi connectivity index (χ1v) is 7.94. The van der Waals surface area contributed by atoms with Gasteiger partial charge < -0.3 is 9.64 Å². The Kier molecular flexibility index (Phi) is 4.56. The lowest BCUT2D eigenvalue weighted by Crippen LogP contribution is -2.40. The van der Waals surface area contributed by atoms with Crippen molar-refractivity contribution in [3.8, 4) is 0 Å². The summed E-state index contributed by atoms with van der Waals surface area (Å²) in [7, 11) is 0. The van der Waals surface area contributed by atoms with Gasteiger partial charge in [0, 0.05) is 25.1 Å². The standard InChI is InChI=1S/C16H20ClN3O/c1-2-10-21-12-6-5-9-20(11-12)15-13-7-3-4-8-14(13)18-16(17)19-15/h3-4,7-8,12H,2,5-6,9-11H2,1H3. The maximum Gasteiger partial charge on any atom is 0.224 e. The van der Waals surface area contributed by atoms with Crippen molar-refractivity contribution in [1.29, 1.82) is 0 Å². The number of hydrogen-bond donors (Lipinski definition) is 0. The molecular formula is C16H20ClN3O. The molecule has 21 heavy (non-hydrogen) atoms. The van der Waals surface area contributed by atoms with Crippen LogP contribution in [0.5, 0.6) is 0 Å². The molecule has 5 heteroatoms. The maximum atomic E-state index is 6.08. The fourth-order valence-corrected chi connectivity index (χ4v) is 3.00. The largest absolute Gasteiger partial charge is 0.376 e. The summed E-state index contributed by atoms with van der Waals surface area (Å²) in [6.45, 7) is 4.82. The van der Waals surface area contributed by atoms with E-state index in [0.717, 1.165) is 55.7 Å². The van der Waals surface area contributed by atoms with E-state index in [2.05, 4.69) is 27.9 Å². The Labute approximate surface area is 130 Å². The van der Waals surface area contributed by atoms with E-state index < -0.39 is 0 Å². The number of hydrogen-bond acceptors (Lipinski definition) is 4. The van der Waals surface area contributed by atoms with E-state index in [1.807, 2.05) is 18.2 Å². The van der Waals surface area contributed by atoms with E-state index in [1.54, 1.807) is 0 Å². The lowest BCUT2D eigenvalue weighted by Gasteiger charge is -2.34. The fraction of sp³-hybridized carbons (Fsp3) is 0.500. The van der Waals surface area contributed by atoms with E-state index >= 15 is 0 Å². The molecule has 0 aliphatic carbocycles. The van der Waals surface area contributed by atoms with Gasteiger partial charge in [-0.15, -0.1) is 0 Å². The Hall–Kier alpha value is -1.39. The summed E-state index contributed by atoms with van der Waals surface area (Å²) in [4.78, 5) is 11.0. The quantitative estimate of drug-likeness (QED) is 0.808. The minimum absolute atomic E-state index is 0.284. The van der Waals surface area contributed by atoms with Crippen LogP contribution in [-0.2, 0) is 4.74 Å². The lowest BCUT2D eigenvalue weighted by molar-refractivity contribution is 0.0439. The van der Waals surface area contributed by atoms with Crippen LogP contribution < -0.4 is 4.90 Å². The third kappa shape index (κ3) is 3.27. The lowest BCUT2D eigenvalue weighted by atomic mass is 10.1. The zero-order valence-corrected chi connectivity index (χ0v) is 13.0. The molecule has 1 aliphatic heterocycles. The molecule has 0 bridgehead atoms. The second-order valence-corrected chi connectivity index (χ2v) is 5.75. The van der Waals surface area contributed by atoms with E-state index in [1.165, 1.54) is 0 Å². The van der Waals surface area contributed by atoms with Crippen molar-refractivity contribution in [2.45, 2.75) is 32.3 Å². The maximum absolute atomic E-state index is 6.08. The highest BCUT2D eigenvalue weighted by molar-refractivity contribution is 6.28. The van der Waals surface area contributed by atoms with Crippen LogP contribution in [-0.4, -0.2) is 35.8 Å². The zero-order chi connectivity index (χ0) is 14.7. The topological polar surface area (TPSA) is 38.2 Å². The van der Waals surface area contributed by atoms with E-state index in [9.17, 15) is 0 Å². The van der Waals surface area contributed by atoms with Crippen molar-refractivity contribution in [3.63, 3.8) is 0 Å². The van der Waals surface area contributed by atoms with Crippen LogP contribution >= 0.6 is 11.6 Å². The van der Waals surface area contributed by atoms with Gasteiger partial charge in [-0.25, -0.2) is 4.98 Å². The molecule has 1 unspecified atom stereocenters. The molecule has 4 nitrogen and oxygen atoms in total. The molecule has 0 radical (unpaired) electrons. The number of aromatic nitrogens is 2. The second-order valence-electron chi connectivity index (χ2n) is 5.41. The molecule has 3 rings (SSSR count). The predicted molar refractivity (Wildman–Crippen MR) is 86.0 cm³/mol. The van der Waals surface area contributed by atoms with E-state index in [4.69, 9.17) is 16.3 Å². The molecule has 1 saturated heterocycles. The van der Waals surface area contributed by atoms with Gasteiger partial charge in [0.15, 0.2) is 0 Å². The van der Waals surface area contributed by atoms with Crippen molar-refractivity contribution < 1.29 is 4.74 Å². The van der Waals surface area contributed by atoms with Crippen molar-refractivity contribution in [3.05, 3.63) is 29.5 Å². The fourth-order valence-electron chi connectivity index (χ4n) is 2.82.